The smallest absolute Gasteiger partial charge is 0.254 e. The Morgan fingerprint density at radius 3 is 2.72 bits per heavy atom. The van der Waals surface area contributed by atoms with E-state index >= 15 is 0 Å². The van der Waals surface area contributed by atoms with Crippen molar-refractivity contribution in [3.05, 3.63) is 53.8 Å². The average molecular weight is 444 g/mol. The molecule has 3 N–H and O–H groups in total. The maximum Gasteiger partial charge on any atom is 0.254 e. The maximum atomic E-state index is 14.3. The molecule has 1 aliphatic heterocycles. The largest absolute Gasteiger partial charge is 0.492 e. The normalized spacial score (nSPS) is 15.4. The van der Waals surface area contributed by atoms with Crippen LogP contribution in [0.5, 0.6) is 5.75 Å². The zero-order valence-corrected chi connectivity index (χ0v) is 18.0. The van der Waals surface area contributed by atoms with Crippen LogP contribution in [-0.4, -0.2) is 49.6 Å². The van der Waals surface area contributed by atoms with E-state index in [0.29, 0.717) is 36.6 Å². The van der Waals surface area contributed by atoms with Gasteiger partial charge in [0.2, 0.25) is 0 Å². The van der Waals surface area contributed by atoms with Crippen LogP contribution in [0.4, 0.5) is 4.39 Å². The number of carbonyl (C=O) groups is 1. The molecule has 0 aliphatic carbocycles. The number of hydrogen-bond donors (Lipinski definition) is 2. The number of rotatable bonds is 7. The molecule has 1 amide bonds. The Bertz CT molecular complexity index is 807. The van der Waals surface area contributed by atoms with Gasteiger partial charge in [-0.1, -0.05) is 25.1 Å². The summed E-state index contributed by atoms with van der Waals surface area (Å²) in [6.07, 6.45) is 0.774. The Morgan fingerprint density at radius 2 is 2.03 bits per heavy atom. The number of carbonyl (C=O) groups excluding carboxylic acids is 1. The third kappa shape index (κ3) is 6.57. The first kappa shape index (κ1) is 25.2. The number of nitrogens with zero attached hydrogens (tertiary/aromatic N) is 1. The van der Waals surface area contributed by atoms with Crippen molar-refractivity contribution in [1.29, 1.82) is 0 Å². The van der Waals surface area contributed by atoms with Gasteiger partial charge in [0.1, 0.15) is 18.2 Å². The predicted molar refractivity (Wildman–Crippen MR) is 119 cm³/mol. The Hall–Kier alpha value is -1.86. The van der Waals surface area contributed by atoms with Crippen molar-refractivity contribution < 1.29 is 13.9 Å². The number of ether oxygens (including phenoxy) is 1. The van der Waals surface area contributed by atoms with Gasteiger partial charge in [-0.05, 0) is 42.8 Å². The van der Waals surface area contributed by atoms with Gasteiger partial charge < -0.3 is 20.7 Å². The molecule has 2 aromatic carbocycles. The van der Waals surface area contributed by atoms with Crippen LogP contribution in [-0.2, 0) is 0 Å². The second-order valence-corrected chi connectivity index (χ2v) is 6.73. The van der Waals surface area contributed by atoms with Crippen molar-refractivity contribution in [1.82, 2.24) is 10.2 Å². The molecule has 29 heavy (non-hydrogen) atoms. The minimum atomic E-state index is -0.443. The molecule has 1 atom stereocenters. The number of hydrogen-bond acceptors (Lipinski definition) is 4. The van der Waals surface area contributed by atoms with Gasteiger partial charge in [0.25, 0.3) is 5.91 Å². The lowest BCUT2D eigenvalue weighted by molar-refractivity contribution is 0.0790. The second-order valence-electron chi connectivity index (χ2n) is 6.73. The fourth-order valence-electron chi connectivity index (χ4n) is 3.26. The van der Waals surface area contributed by atoms with Crippen molar-refractivity contribution in [2.75, 3.05) is 32.8 Å². The van der Waals surface area contributed by atoms with Gasteiger partial charge in [-0.2, -0.15) is 0 Å². The fourth-order valence-corrected chi connectivity index (χ4v) is 3.26. The molecule has 1 fully saturated rings. The molecule has 0 saturated carbocycles. The first-order valence-corrected chi connectivity index (χ1v) is 9.37. The Labute approximate surface area is 183 Å². The van der Waals surface area contributed by atoms with Crippen LogP contribution in [0.15, 0.2) is 42.5 Å². The average Bonchev–Trinajstić information content (AvgIpc) is 3.11. The van der Waals surface area contributed by atoms with E-state index in [4.69, 9.17) is 10.5 Å². The Morgan fingerprint density at radius 1 is 1.28 bits per heavy atom. The monoisotopic (exact) mass is 443 g/mol. The number of likely N-dealkylation sites (tertiary alicyclic amines) is 1. The van der Waals surface area contributed by atoms with E-state index in [0.717, 1.165) is 25.1 Å². The van der Waals surface area contributed by atoms with Gasteiger partial charge in [-0.3, -0.25) is 4.79 Å². The molecule has 2 aromatic rings. The molecule has 160 valence electrons. The Balaban J connectivity index is 0.00000210. The molecule has 1 aliphatic rings. The standard InChI is InChI=1S/C21H26FN3O2.2ClH/c1-2-24-8-10-27-20-6-4-3-5-19(20)15-11-16(13-17(22)12-15)21(26)25-9-7-18(23)14-25;;/h3-6,11-13,18,24H,2,7-10,14,23H2,1H3;2*1H/t18-;;/m1../s1. The number of amides is 1. The van der Waals surface area contributed by atoms with E-state index in [2.05, 4.69) is 5.32 Å². The van der Waals surface area contributed by atoms with Crippen molar-refractivity contribution in [2.45, 2.75) is 19.4 Å². The van der Waals surface area contributed by atoms with Crippen molar-refractivity contribution >= 4 is 30.7 Å². The number of halogens is 3. The first-order chi connectivity index (χ1) is 13.1. The number of benzene rings is 2. The molecule has 0 radical (unpaired) electrons. The highest BCUT2D eigenvalue weighted by atomic mass is 35.5. The molecule has 0 bridgehead atoms. The van der Waals surface area contributed by atoms with E-state index in [-0.39, 0.29) is 36.8 Å². The summed E-state index contributed by atoms with van der Waals surface area (Å²) in [5.41, 5.74) is 7.62. The highest BCUT2D eigenvalue weighted by Gasteiger charge is 2.25. The minimum Gasteiger partial charge on any atom is -0.492 e. The summed E-state index contributed by atoms with van der Waals surface area (Å²) in [6.45, 7) is 5.27. The minimum absolute atomic E-state index is 0. The number of likely N-dealkylation sites (N-methyl/N-ethyl adjacent to an activating group) is 1. The highest BCUT2D eigenvalue weighted by Crippen LogP contribution is 2.31. The molecular weight excluding hydrogens is 416 g/mol. The summed E-state index contributed by atoms with van der Waals surface area (Å²) >= 11 is 0. The number of nitrogens with two attached hydrogens (primary N) is 1. The van der Waals surface area contributed by atoms with Crippen LogP contribution in [0.2, 0.25) is 0 Å². The molecule has 1 heterocycles. The van der Waals surface area contributed by atoms with E-state index in [9.17, 15) is 9.18 Å². The summed E-state index contributed by atoms with van der Waals surface area (Å²) < 4.78 is 20.1. The van der Waals surface area contributed by atoms with Crippen molar-refractivity contribution in [3.8, 4) is 16.9 Å². The van der Waals surface area contributed by atoms with Gasteiger partial charge in [-0.15, -0.1) is 24.8 Å². The SMILES string of the molecule is CCNCCOc1ccccc1-c1cc(F)cc(C(=O)N2CC[C@@H](N)C2)c1.Cl.Cl. The molecule has 3 rings (SSSR count). The third-order valence-corrected chi connectivity index (χ3v) is 4.64. The number of nitrogens with one attached hydrogen (secondary N) is 1. The quantitative estimate of drug-likeness (QED) is 0.642. The lowest BCUT2D eigenvalue weighted by Crippen LogP contribution is -2.31. The number of para-hydroxylation sites is 1. The van der Waals surface area contributed by atoms with E-state index in [1.54, 1.807) is 11.0 Å². The molecular formula is C21H28Cl2FN3O2. The fraction of sp³-hybridized carbons (Fsp3) is 0.381. The summed E-state index contributed by atoms with van der Waals surface area (Å²) in [6, 6.07) is 11.9. The molecule has 1 saturated heterocycles. The van der Waals surface area contributed by atoms with Crippen LogP contribution in [0, 0.1) is 5.82 Å². The van der Waals surface area contributed by atoms with Gasteiger partial charge in [0.15, 0.2) is 0 Å². The molecule has 0 aromatic heterocycles. The lowest BCUT2D eigenvalue weighted by Gasteiger charge is -2.17. The molecule has 8 heteroatoms. The maximum absolute atomic E-state index is 14.3. The van der Waals surface area contributed by atoms with Gasteiger partial charge in [0, 0.05) is 36.8 Å². The lowest BCUT2D eigenvalue weighted by atomic mass is 10.0. The van der Waals surface area contributed by atoms with Crippen LogP contribution in [0.25, 0.3) is 11.1 Å². The molecule has 0 spiro atoms. The predicted octanol–water partition coefficient (Wildman–Crippen LogP) is 3.50. The van der Waals surface area contributed by atoms with Crippen molar-refractivity contribution in [2.24, 2.45) is 5.73 Å². The summed E-state index contributed by atoms with van der Waals surface area (Å²) in [7, 11) is 0. The van der Waals surface area contributed by atoms with Gasteiger partial charge in [0.05, 0.1) is 0 Å². The van der Waals surface area contributed by atoms with Gasteiger partial charge >= 0.3 is 0 Å². The van der Waals surface area contributed by atoms with Crippen molar-refractivity contribution in [3.63, 3.8) is 0 Å². The van der Waals surface area contributed by atoms with E-state index < -0.39 is 5.82 Å². The second kappa shape index (κ2) is 12.0. The van der Waals surface area contributed by atoms with E-state index in [1.165, 1.54) is 12.1 Å². The third-order valence-electron chi connectivity index (χ3n) is 4.64. The zero-order chi connectivity index (χ0) is 19.2. The first-order valence-electron chi connectivity index (χ1n) is 9.37. The highest BCUT2D eigenvalue weighted by molar-refractivity contribution is 5.96. The zero-order valence-electron chi connectivity index (χ0n) is 16.4. The Kier molecular flexibility index (Phi) is 10.4. The summed E-state index contributed by atoms with van der Waals surface area (Å²) in [4.78, 5) is 14.4. The summed E-state index contributed by atoms with van der Waals surface area (Å²) in [5, 5.41) is 3.20. The molecule has 5 nitrogen and oxygen atoms in total. The molecule has 0 unspecified atom stereocenters. The topological polar surface area (TPSA) is 67.6 Å². The van der Waals surface area contributed by atoms with Gasteiger partial charge in [-0.25, -0.2) is 4.39 Å². The van der Waals surface area contributed by atoms with E-state index in [1.807, 2.05) is 31.2 Å². The van der Waals surface area contributed by atoms with Crippen LogP contribution in [0.1, 0.15) is 23.7 Å². The van der Waals surface area contributed by atoms with Crippen LogP contribution < -0.4 is 15.8 Å². The summed E-state index contributed by atoms with van der Waals surface area (Å²) in [5.74, 6) is 0.0404. The van der Waals surface area contributed by atoms with Crippen LogP contribution >= 0.6 is 24.8 Å². The van der Waals surface area contributed by atoms with Crippen LogP contribution in [0.3, 0.4) is 0 Å².